The van der Waals surface area contributed by atoms with E-state index in [1.54, 1.807) is 43.3 Å². The topological polar surface area (TPSA) is 116 Å². The number of hydrogen-bond acceptors (Lipinski definition) is 7. The van der Waals surface area contributed by atoms with Crippen molar-refractivity contribution in [2.75, 3.05) is 19.1 Å². The Bertz CT molecular complexity index is 1810. The Kier molecular flexibility index (Phi) is 7.15. The Hall–Kier alpha value is -4.70. The van der Waals surface area contributed by atoms with Gasteiger partial charge in [-0.3, -0.25) is 29.5 Å². The number of nitrogens with zero attached hydrogens (tertiary/aromatic N) is 2. The lowest BCUT2D eigenvalue weighted by molar-refractivity contribution is -0.141. The maximum absolute atomic E-state index is 15.0. The number of amides is 4. The number of rotatable bonds is 6. The van der Waals surface area contributed by atoms with Gasteiger partial charge in [0.2, 0.25) is 11.8 Å². The number of nitrogens with one attached hydrogen (secondary N) is 1. The molecule has 7 rings (SSSR count). The standard InChI is InChI=1S/C35H31ClFN3O6/c1-3-39-31(42)24-14-13-23-25(29(24)33(39)44)17-26-32(43)40(38-22-11-9-21(37)10-12-22)34(45)35(26,19-5-7-20(36)8-6-19)30(23)18-4-15-27(41)28(16-18)46-2/h4-13,15-16,24-26,29-30,38,41H,3,14,17H2,1-2H3. The van der Waals surface area contributed by atoms with Gasteiger partial charge in [-0.25, -0.2) is 4.39 Å². The predicted octanol–water partition coefficient (Wildman–Crippen LogP) is 5.20. The first-order chi connectivity index (χ1) is 22.1. The predicted molar refractivity (Wildman–Crippen MR) is 166 cm³/mol. The number of imide groups is 2. The highest BCUT2D eigenvalue weighted by Gasteiger charge is 2.70. The molecule has 4 amide bonds. The van der Waals surface area contributed by atoms with Gasteiger partial charge in [0, 0.05) is 17.5 Å². The zero-order valence-electron chi connectivity index (χ0n) is 25.1. The average molecular weight is 644 g/mol. The number of likely N-dealkylation sites (tertiary alicyclic amines) is 1. The van der Waals surface area contributed by atoms with E-state index in [1.165, 1.54) is 42.3 Å². The Morgan fingerprint density at radius 3 is 2.37 bits per heavy atom. The number of hydrazine groups is 1. The molecule has 11 heteroatoms. The molecule has 2 heterocycles. The van der Waals surface area contributed by atoms with Crippen LogP contribution in [0.2, 0.25) is 5.02 Å². The molecule has 3 fully saturated rings. The maximum Gasteiger partial charge on any atom is 0.260 e. The first-order valence-corrected chi connectivity index (χ1v) is 15.6. The van der Waals surface area contributed by atoms with Gasteiger partial charge in [-0.15, -0.1) is 0 Å². The second-order valence-electron chi connectivity index (χ2n) is 12.2. The molecule has 9 nitrogen and oxygen atoms in total. The van der Waals surface area contributed by atoms with Crippen molar-refractivity contribution in [3.63, 3.8) is 0 Å². The van der Waals surface area contributed by atoms with Gasteiger partial charge in [0.05, 0.1) is 36.0 Å². The van der Waals surface area contributed by atoms with Gasteiger partial charge in [-0.05, 0) is 85.3 Å². The highest BCUT2D eigenvalue weighted by molar-refractivity contribution is 6.30. The van der Waals surface area contributed by atoms with Crippen molar-refractivity contribution >= 4 is 40.9 Å². The normalized spacial score (nSPS) is 28.5. The number of anilines is 1. The van der Waals surface area contributed by atoms with Gasteiger partial charge < -0.3 is 9.84 Å². The van der Waals surface area contributed by atoms with E-state index >= 15 is 4.79 Å². The van der Waals surface area contributed by atoms with Crippen LogP contribution in [0.25, 0.3) is 0 Å². The highest BCUT2D eigenvalue weighted by Crippen LogP contribution is 2.64. The summed E-state index contributed by atoms with van der Waals surface area (Å²) >= 11 is 6.31. The molecule has 2 saturated heterocycles. The van der Waals surface area contributed by atoms with E-state index in [-0.39, 0.29) is 36.3 Å². The zero-order valence-corrected chi connectivity index (χ0v) is 25.8. The molecule has 6 atom stereocenters. The fraction of sp³-hybridized carbons (Fsp3) is 0.314. The SMILES string of the molecule is CCN1C(=O)C2CC=C3C(CC4C(=O)N(Nc5ccc(F)cc5)C(=O)C4(c4ccc(Cl)cc4)C3c3ccc(O)c(OC)c3)C2C1=O. The molecule has 46 heavy (non-hydrogen) atoms. The Morgan fingerprint density at radius 2 is 1.70 bits per heavy atom. The Labute approximate surface area is 269 Å². The molecule has 0 radical (unpaired) electrons. The van der Waals surface area contributed by atoms with E-state index in [2.05, 4.69) is 5.43 Å². The van der Waals surface area contributed by atoms with Gasteiger partial charge in [-0.1, -0.05) is 41.4 Å². The monoisotopic (exact) mass is 643 g/mol. The number of carbonyl (C=O) groups is 4. The number of hydrogen-bond donors (Lipinski definition) is 2. The first kappa shape index (κ1) is 30.0. The van der Waals surface area contributed by atoms with Crippen LogP contribution in [0.4, 0.5) is 10.1 Å². The lowest BCUT2D eigenvalue weighted by Gasteiger charge is -2.50. The minimum absolute atomic E-state index is 0.100. The van der Waals surface area contributed by atoms with E-state index in [0.29, 0.717) is 28.3 Å². The minimum Gasteiger partial charge on any atom is -0.504 e. The Balaban J connectivity index is 1.47. The van der Waals surface area contributed by atoms with Gasteiger partial charge in [0.25, 0.3) is 11.8 Å². The molecule has 6 unspecified atom stereocenters. The van der Waals surface area contributed by atoms with Crippen LogP contribution in [0.15, 0.2) is 78.4 Å². The molecular weight excluding hydrogens is 613 g/mol. The molecule has 236 valence electrons. The summed E-state index contributed by atoms with van der Waals surface area (Å²) in [7, 11) is 1.42. The fourth-order valence-electron chi connectivity index (χ4n) is 8.28. The van der Waals surface area contributed by atoms with Gasteiger partial charge in [-0.2, -0.15) is 5.01 Å². The van der Waals surface area contributed by atoms with E-state index < -0.39 is 52.6 Å². The summed E-state index contributed by atoms with van der Waals surface area (Å²) in [6, 6.07) is 17.0. The number of phenols is 1. The van der Waals surface area contributed by atoms with Crippen LogP contribution in [0.1, 0.15) is 36.8 Å². The number of halogens is 2. The first-order valence-electron chi connectivity index (χ1n) is 15.2. The molecule has 4 aliphatic rings. The molecule has 2 N–H and O–H groups in total. The molecule has 3 aromatic rings. The third kappa shape index (κ3) is 4.19. The van der Waals surface area contributed by atoms with Crippen molar-refractivity contribution in [1.29, 1.82) is 0 Å². The van der Waals surface area contributed by atoms with Crippen LogP contribution in [0.3, 0.4) is 0 Å². The minimum atomic E-state index is -1.51. The van der Waals surface area contributed by atoms with Crippen LogP contribution >= 0.6 is 11.6 Å². The van der Waals surface area contributed by atoms with E-state index in [9.17, 15) is 23.9 Å². The van der Waals surface area contributed by atoms with Crippen molar-refractivity contribution in [2.45, 2.75) is 31.1 Å². The summed E-state index contributed by atoms with van der Waals surface area (Å²) in [6.45, 7) is 2.01. The summed E-state index contributed by atoms with van der Waals surface area (Å²) in [5, 5.41) is 12.0. The van der Waals surface area contributed by atoms with Crippen LogP contribution in [-0.4, -0.2) is 52.3 Å². The lowest BCUT2D eigenvalue weighted by atomic mass is 9.49. The second-order valence-corrected chi connectivity index (χ2v) is 12.7. The fourth-order valence-corrected chi connectivity index (χ4v) is 8.41. The molecule has 2 aliphatic heterocycles. The summed E-state index contributed by atoms with van der Waals surface area (Å²) < 4.78 is 19.2. The number of benzene rings is 3. The lowest BCUT2D eigenvalue weighted by Crippen LogP contribution is -2.53. The molecule has 2 aliphatic carbocycles. The van der Waals surface area contributed by atoms with Gasteiger partial charge in [0.15, 0.2) is 11.5 Å². The van der Waals surface area contributed by atoms with Crippen LogP contribution in [0.5, 0.6) is 11.5 Å². The van der Waals surface area contributed by atoms with Crippen LogP contribution in [0, 0.1) is 29.5 Å². The van der Waals surface area contributed by atoms with Crippen LogP contribution in [-0.2, 0) is 24.6 Å². The number of allylic oxidation sites excluding steroid dienone is 2. The van der Waals surface area contributed by atoms with Crippen molar-refractivity contribution in [3.05, 3.63) is 100 Å². The third-order valence-corrected chi connectivity index (χ3v) is 10.5. The molecule has 0 bridgehead atoms. The summed E-state index contributed by atoms with van der Waals surface area (Å²) in [6.07, 6.45) is 2.41. The highest BCUT2D eigenvalue weighted by atomic mass is 35.5. The Morgan fingerprint density at radius 1 is 0.978 bits per heavy atom. The molecule has 0 spiro atoms. The number of ether oxygens (including phenoxy) is 1. The number of methoxy groups -OCH3 is 1. The zero-order chi connectivity index (χ0) is 32.5. The average Bonchev–Trinajstić information content (AvgIpc) is 3.43. The number of phenolic OH excluding ortho intramolecular Hbond substituents is 1. The quantitative estimate of drug-likeness (QED) is 0.280. The number of aromatic hydroxyl groups is 1. The molecule has 0 aromatic heterocycles. The van der Waals surface area contributed by atoms with Gasteiger partial charge >= 0.3 is 0 Å². The van der Waals surface area contributed by atoms with E-state index in [4.69, 9.17) is 16.3 Å². The molecular formula is C35H31ClFN3O6. The van der Waals surface area contributed by atoms with Crippen molar-refractivity contribution < 1.29 is 33.4 Å². The molecule has 1 saturated carbocycles. The number of fused-ring (bicyclic) bond motifs is 4. The van der Waals surface area contributed by atoms with E-state index in [0.717, 1.165) is 10.6 Å². The summed E-state index contributed by atoms with van der Waals surface area (Å²) in [4.78, 5) is 58.0. The van der Waals surface area contributed by atoms with Crippen molar-refractivity contribution in [1.82, 2.24) is 9.91 Å². The maximum atomic E-state index is 15.0. The molecule has 3 aromatic carbocycles. The number of carbonyl (C=O) groups excluding carboxylic acids is 4. The second kappa shape index (κ2) is 11.0. The van der Waals surface area contributed by atoms with Crippen molar-refractivity contribution in [2.24, 2.45) is 23.7 Å². The summed E-state index contributed by atoms with van der Waals surface area (Å²) in [5.41, 5.74) is 3.67. The van der Waals surface area contributed by atoms with Crippen molar-refractivity contribution in [3.8, 4) is 11.5 Å². The summed E-state index contributed by atoms with van der Waals surface area (Å²) in [5.74, 6) is -5.42. The largest absolute Gasteiger partial charge is 0.504 e. The van der Waals surface area contributed by atoms with E-state index in [1.807, 2.05) is 6.08 Å². The smallest absolute Gasteiger partial charge is 0.260 e. The van der Waals surface area contributed by atoms with Crippen LogP contribution < -0.4 is 10.2 Å². The third-order valence-electron chi connectivity index (χ3n) is 10.2. The van der Waals surface area contributed by atoms with Gasteiger partial charge in [0.1, 0.15) is 5.82 Å².